The molecule has 1 unspecified atom stereocenters. The van der Waals surface area contributed by atoms with Crippen molar-refractivity contribution in [2.45, 2.75) is 36.9 Å². The summed E-state index contributed by atoms with van der Waals surface area (Å²) in [5, 5.41) is 2.59. The molecular weight excluding hydrogens is 335 g/mol. The molecule has 1 N–H and O–H groups in total. The molecule has 0 spiro atoms. The zero-order valence-corrected chi connectivity index (χ0v) is 13.1. The number of piperazine rings is 1. The number of amides is 1. The number of nitrogens with zero attached hydrogens (tertiary/aromatic N) is 2. The molecule has 1 amide bonds. The molecule has 0 saturated carbocycles. The highest BCUT2D eigenvalue weighted by Gasteiger charge is 2.38. The number of rotatable bonds is 4. The number of hydrogen-bond acceptors (Lipinski definition) is 4. The van der Waals surface area contributed by atoms with Crippen LogP contribution in [0.15, 0.2) is 23.2 Å². The van der Waals surface area contributed by atoms with E-state index in [1.165, 1.54) is 0 Å². The molecule has 2 rings (SSSR count). The highest BCUT2D eigenvalue weighted by atomic mass is 32.2. The molecular formula is C13H16F3N3O3S. The number of nitrogens with one attached hydrogen (secondary N) is 1. The third-order valence-electron chi connectivity index (χ3n) is 3.48. The normalized spacial score (nSPS) is 20.3. The van der Waals surface area contributed by atoms with Gasteiger partial charge in [0.15, 0.2) is 0 Å². The molecule has 1 atom stereocenters. The molecule has 0 radical (unpaired) electrons. The predicted molar refractivity (Wildman–Crippen MR) is 74.8 cm³/mol. The maximum Gasteiger partial charge on any atom is 0.433 e. The van der Waals surface area contributed by atoms with E-state index in [4.69, 9.17) is 0 Å². The first kappa shape index (κ1) is 17.7. The molecule has 128 valence electrons. The minimum Gasteiger partial charge on any atom is -0.353 e. The second kappa shape index (κ2) is 6.44. The van der Waals surface area contributed by atoms with E-state index in [-0.39, 0.29) is 18.0 Å². The van der Waals surface area contributed by atoms with Gasteiger partial charge in [0.2, 0.25) is 15.9 Å². The van der Waals surface area contributed by atoms with Gasteiger partial charge < -0.3 is 5.32 Å². The van der Waals surface area contributed by atoms with Crippen molar-refractivity contribution in [3.05, 3.63) is 24.0 Å². The van der Waals surface area contributed by atoms with Crippen molar-refractivity contribution >= 4 is 15.9 Å². The monoisotopic (exact) mass is 351 g/mol. The van der Waals surface area contributed by atoms with Gasteiger partial charge in [-0.3, -0.25) is 9.78 Å². The highest BCUT2D eigenvalue weighted by molar-refractivity contribution is 7.89. The van der Waals surface area contributed by atoms with Crippen LogP contribution in [-0.2, 0) is 21.0 Å². The highest BCUT2D eigenvalue weighted by Crippen LogP contribution is 2.29. The first-order valence-electron chi connectivity index (χ1n) is 7.00. The first-order chi connectivity index (χ1) is 10.7. The number of halogens is 3. The van der Waals surface area contributed by atoms with Gasteiger partial charge in [-0.1, -0.05) is 13.3 Å². The van der Waals surface area contributed by atoms with Crippen molar-refractivity contribution in [2.75, 3.05) is 13.1 Å². The van der Waals surface area contributed by atoms with Crippen molar-refractivity contribution in [1.82, 2.24) is 14.6 Å². The number of carbonyl (C=O) groups is 1. The summed E-state index contributed by atoms with van der Waals surface area (Å²) in [6.45, 7) is 2.04. The summed E-state index contributed by atoms with van der Waals surface area (Å²) < 4.78 is 63.8. The average Bonchev–Trinajstić information content (AvgIpc) is 2.48. The maximum atomic E-state index is 12.6. The van der Waals surface area contributed by atoms with E-state index in [0.29, 0.717) is 25.1 Å². The Morgan fingerprint density at radius 1 is 1.39 bits per heavy atom. The summed E-state index contributed by atoms with van der Waals surface area (Å²) in [6.07, 6.45) is -3.04. The second-order valence-electron chi connectivity index (χ2n) is 5.09. The number of alkyl halides is 3. The van der Waals surface area contributed by atoms with E-state index in [0.717, 1.165) is 10.4 Å². The standard InChI is InChI=1S/C13H16F3N3O3S/c1-2-3-10-12(20)17-6-7-19(10)23(21,22)9-4-5-11(18-8-9)13(14,15)16/h4-5,8,10H,2-3,6-7H2,1H3,(H,17,20). The molecule has 10 heteroatoms. The third kappa shape index (κ3) is 3.63. The number of aromatic nitrogens is 1. The van der Waals surface area contributed by atoms with E-state index < -0.39 is 33.8 Å². The number of hydrogen-bond donors (Lipinski definition) is 1. The van der Waals surface area contributed by atoms with Crippen LogP contribution in [0.5, 0.6) is 0 Å². The molecule has 1 aromatic rings. The van der Waals surface area contributed by atoms with Crippen molar-refractivity contribution in [3.63, 3.8) is 0 Å². The molecule has 1 aromatic heterocycles. The van der Waals surface area contributed by atoms with E-state index in [1.54, 1.807) is 0 Å². The van der Waals surface area contributed by atoms with Gasteiger partial charge in [0.1, 0.15) is 16.6 Å². The van der Waals surface area contributed by atoms with Crippen molar-refractivity contribution in [3.8, 4) is 0 Å². The van der Waals surface area contributed by atoms with E-state index in [9.17, 15) is 26.4 Å². The Morgan fingerprint density at radius 3 is 2.61 bits per heavy atom. The number of carbonyl (C=O) groups excluding carboxylic acids is 1. The van der Waals surface area contributed by atoms with Crippen molar-refractivity contribution in [2.24, 2.45) is 0 Å². The van der Waals surface area contributed by atoms with Crippen LogP contribution in [0.25, 0.3) is 0 Å². The number of sulfonamides is 1. The second-order valence-corrected chi connectivity index (χ2v) is 6.98. The molecule has 0 bridgehead atoms. The summed E-state index contributed by atoms with van der Waals surface area (Å²) in [5.41, 5.74) is -1.17. The summed E-state index contributed by atoms with van der Waals surface area (Å²) >= 11 is 0. The molecule has 1 aliphatic heterocycles. The van der Waals surface area contributed by atoms with Crippen LogP contribution in [0.4, 0.5) is 13.2 Å². The lowest BCUT2D eigenvalue weighted by Crippen LogP contribution is -2.56. The molecule has 1 saturated heterocycles. The maximum absolute atomic E-state index is 12.6. The van der Waals surface area contributed by atoms with Gasteiger partial charge in [-0.05, 0) is 18.6 Å². The lowest BCUT2D eigenvalue weighted by molar-refractivity contribution is -0.141. The van der Waals surface area contributed by atoms with Gasteiger partial charge in [0.05, 0.1) is 0 Å². The molecule has 6 nitrogen and oxygen atoms in total. The van der Waals surface area contributed by atoms with Crippen LogP contribution in [0.3, 0.4) is 0 Å². The SMILES string of the molecule is CCCC1C(=O)NCCN1S(=O)(=O)c1ccc(C(F)(F)F)nc1. The van der Waals surface area contributed by atoms with E-state index >= 15 is 0 Å². The summed E-state index contributed by atoms with van der Waals surface area (Å²) in [6, 6.07) is 0.618. The van der Waals surface area contributed by atoms with Gasteiger partial charge in [-0.25, -0.2) is 8.42 Å². The van der Waals surface area contributed by atoms with Crippen LogP contribution >= 0.6 is 0 Å². The largest absolute Gasteiger partial charge is 0.433 e. The zero-order valence-electron chi connectivity index (χ0n) is 12.3. The Hall–Kier alpha value is -1.68. The van der Waals surface area contributed by atoms with Gasteiger partial charge in [-0.15, -0.1) is 0 Å². The van der Waals surface area contributed by atoms with Gasteiger partial charge in [0.25, 0.3) is 0 Å². The fraction of sp³-hybridized carbons (Fsp3) is 0.538. The molecule has 1 fully saturated rings. The quantitative estimate of drug-likeness (QED) is 0.889. The smallest absolute Gasteiger partial charge is 0.353 e. The van der Waals surface area contributed by atoms with E-state index in [1.807, 2.05) is 6.92 Å². The fourth-order valence-electron chi connectivity index (χ4n) is 2.37. The van der Waals surface area contributed by atoms with Gasteiger partial charge in [-0.2, -0.15) is 17.5 Å². The molecule has 2 heterocycles. The van der Waals surface area contributed by atoms with Crippen LogP contribution < -0.4 is 5.32 Å². The zero-order chi connectivity index (χ0) is 17.3. The van der Waals surface area contributed by atoms with Crippen molar-refractivity contribution < 1.29 is 26.4 Å². The predicted octanol–water partition coefficient (Wildman–Crippen LogP) is 1.39. The Labute approximate surface area is 131 Å². The summed E-state index contributed by atoms with van der Waals surface area (Å²) in [5.74, 6) is -0.401. The van der Waals surface area contributed by atoms with Crippen molar-refractivity contribution in [1.29, 1.82) is 0 Å². The number of pyridine rings is 1. The summed E-state index contributed by atoms with van der Waals surface area (Å²) in [4.78, 5) is 14.7. The summed E-state index contributed by atoms with van der Waals surface area (Å²) in [7, 11) is -4.09. The Balaban J connectivity index is 2.34. The minimum atomic E-state index is -4.64. The van der Waals surface area contributed by atoms with Gasteiger partial charge in [0, 0.05) is 19.3 Å². The third-order valence-corrected chi connectivity index (χ3v) is 5.37. The lowest BCUT2D eigenvalue weighted by Gasteiger charge is -2.33. The minimum absolute atomic E-state index is 0.0692. The Bertz CT molecular complexity index is 674. The van der Waals surface area contributed by atoms with Crippen LogP contribution in [-0.4, -0.2) is 42.7 Å². The molecule has 1 aliphatic rings. The lowest BCUT2D eigenvalue weighted by atomic mass is 10.1. The molecule has 0 aliphatic carbocycles. The first-order valence-corrected chi connectivity index (χ1v) is 8.44. The topological polar surface area (TPSA) is 79.4 Å². The van der Waals surface area contributed by atoms with Gasteiger partial charge >= 0.3 is 6.18 Å². The Morgan fingerprint density at radius 2 is 2.09 bits per heavy atom. The van der Waals surface area contributed by atoms with E-state index in [2.05, 4.69) is 10.3 Å². The molecule has 0 aromatic carbocycles. The van der Waals surface area contributed by atoms with Crippen LogP contribution in [0.2, 0.25) is 0 Å². The molecule has 23 heavy (non-hydrogen) atoms. The average molecular weight is 351 g/mol. The van der Waals surface area contributed by atoms with Crippen LogP contribution in [0, 0.1) is 0 Å². The fourth-order valence-corrected chi connectivity index (χ4v) is 3.93. The van der Waals surface area contributed by atoms with Crippen LogP contribution in [0.1, 0.15) is 25.5 Å². The Kier molecular flexibility index (Phi) is 4.95.